The number of hydrogen-bond donors (Lipinski definition) is 1. The highest BCUT2D eigenvalue weighted by atomic mass is 19.4. The second-order valence-corrected chi connectivity index (χ2v) is 8.88. The number of nitrogens with zero attached hydrogens (tertiary/aromatic N) is 3. The molecule has 1 N–H and O–H groups in total. The van der Waals surface area contributed by atoms with Crippen molar-refractivity contribution in [2.45, 2.75) is 32.5 Å². The predicted molar refractivity (Wildman–Crippen MR) is 116 cm³/mol. The lowest BCUT2D eigenvalue weighted by Crippen LogP contribution is -2.52. The highest BCUT2D eigenvalue weighted by Crippen LogP contribution is 2.30. The normalized spacial score (nSPS) is 15.3. The molecule has 33 heavy (non-hydrogen) atoms. The number of carbonyl (C=O) groups is 2. The van der Waals surface area contributed by atoms with Crippen LogP contribution in [-0.4, -0.2) is 64.9 Å². The summed E-state index contributed by atoms with van der Waals surface area (Å²) in [5, 5.41) is 2.93. The first-order valence-corrected chi connectivity index (χ1v) is 10.5. The molecule has 2 amide bonds. The Hall–Kier alpha value is -3.14. The minimum Gasteiger partial charge on any atom is -0.439 e. The first-order chi connectivity index (χ1) is 15.4. The number of nitrogens with one attached hydrogen (secondary N) is 1. The van der Waals surface area contributed by atoms with E-state index in [2.05, 4.69) is 10.3 Å². The molecule has 3 rings (SSSR count). The maximum absolute atomic E-state index is 12.8. The molecule has 0 bridgehead atoms. The third-order valence-electron chi connectivity index (χ3n) is 4.93. The third-order valence-corrected chi connectivity index (χ3v) is 4.93. The Labute approximate surface area is 190 Å². The lowest BCUT2D eigenvalue weighted by molar-refractivity contribution is -0.137. The predicted octanol–water partition coefficient (Wildman–Crippen LogP) is 3.57. The summed E-state index contributed by atoms with van der Waals surface area (Å²) >= 11 is 0. The Balaban J connectivity index is 1.51. The van der Waals surface area contributed by atoms with Crippen molar-refractivity contribution < 1.29 is 27.5 Å². The quantitative estimate of drug-likeness (QED) is 0.733. The lowest BCUT2D eigenvalue weighted by atomic mass is 10.1. The molecular weight excluding hydrogens is 437 g/mol. The number of pyridine rings is 1. The van der Waals surface area contributed by atoms with Gasteiger partial charge in [-0.15, -0.1) is 0 Å². The van der Waals surface area contributed by atoms with Gasteiger partial charge in [-0.1, -0.05) is 0 Å². The minimum absolute atomic E-state index is 0.0219. The number of amides is 2. The van der Waals surface area contributed by atoms with E-state index in [1.54, 1.807) is 29.2 Å². The fourth-order valence-electron chi connectivity index (χ4n) is 3.35. The van der Waals surface area contributed by atoms with E-state index in [9.17, 15) is 22.8 Å². The van der Waals surface area contributed by atoms with Crippen LogP contribution < -0.4 is 10.1 Å². The van der Waals surface area contributed by atoms with Crippen molar-refractivity contribution in [3.8, 4) is 11.6 Å². The number of rotatable bonds is 5. The second kappa shape index (κ2) is 9.78. The van der Waals surface area contributed by atoms with Crippen molar-refractivity contribution in [2.75, 3.05) is 32.7 Å². The molecule has 0 spiro atoms. The Morgan fingerprint density at radius 2 is 1.64 bits per heavy atom. The van der Waals surface area contributed by atoms with E-state index in [1.807, 2.05) is 25.7 Å². The number of hydrogen-bond acceptors (Lipinski definition) is 5. The summed E-state index contributed by atoms with van der Waals surface area (Å²) in [7, 11) is 0. The number of alkyl halides is 3. The maximum Gasteiger partial charge on any atom is 0.417 e. The molecule has 0 saturated carbocycles. The molecule has 0 atom stereocenters. The highest BCUT2D eigenvalue weighted by molar-refractivity contribution is 5.94. The van der Waals surface area contributed by atoms with Gasteiger partial charge in [0.2, 0.25) is 11.8 Å². The van der Waals surface area contributed by atoms with E-state index in [1.165, 1.54) is 0 Å². The van der Waals surface area contributed by atoms with Gasteiger partial charge in [0.05, 0.1) is 12.1 Å². The highest BCUT2D eigenvalue weighted by Gasteiger charge is 2.30. The van der Waals surface area contributed by atoms with Crippen molar-refractivity contribution in [1.82, 2.24) is 20.1 Å². The van der Waals surface area contributed by atoms with Gasteiger partial charge < -0.3 is 15.0 Å². The molecule has 0 radical (unpaired) electrons. The van der Waals surface area contributed by atoms with Gasteiger partial charge in [0.1, 0.15) is 5.75 Å². The zero-order valence-electron chi connectivity index (χ0n) is 18.8. The SMILES string of the molecule is CC(C)(C)NC(=O)CN1CCN(C(=O)c2ccc(Oc3ccc(C(F)(F)F)cn3)cc2)CC1. The fourth-order valence-corrected chi connectivity index (χ4v) is 3.35. The lowest BCUT2D eigenvalue weighted by Gasteiger charge is -2.35. The van der Waals surface area contributed by atoms with Crippen molar-refractivity contribution in [2.24, 2.45) is 0 Å². The van der Waals surface area contributed by atoms with Crippen LogP contribution in [0.5, 0.6) is 11.6 Å². The molecule has 1 fully saturated rings. The number of ether oxygens (including phenoxy) is 1. The van der Waals surface area contributed by atoms with Crippen LogP contribution in [0.4, 0.5) is 13.2 Å². The van der Waals surface area contributed by atoms with Crippen molar-refractivity contribution in [3.63, 3.8) is 0 Å². The summed E-state index contributed by atoms with van der Waals surface area (Å²) in [5.74, 6) is 0.204. The molecule has 178 valence electrons. The number of aromatic nitrogens is 1. The van der Waals surface area contributed by atoms with Gasteiger partial charge in [-0.2, -0.15) is 13.2 Å². The minimum atomic E-state index is -4.46. The summed E-state index contributed by atoms with van der Waals surface area (Å²) in [6, 6.07) is 8.38. The van der Waals surface area contributed by atoms with Crippen LogP contribution in [0.15, 0.2) is 42.6 Å². The number of piperazine rings is 1. The second-order valence-electron chi connectivity index (χ2n) is 8.88. The number of benzene rings is 1. The average Bonchev–Trinajstić information content (AvgIpc) is 2.73. The van der Waals surface area contributed by atoms with E-state index in [0.717, 1.165) is 12.1 Å². The molecule has 10 heteroatoms. The average molecular weight is 464 g/mol. The Bertz CT molecular complexity index is 962. The molecule has 1 aliphatic heterocycles. The molecule has 0 unspecified atom stereocenters. The molecule has 2 heterocycles. The van der Waals surface area contributed by atoms with Gasteiger partial charge in [0, 0.05) is 49.5 Å². The Morgan fingerprint density at radius 3 is 2.15 bits per heavy atom. The van der Waals surface area contributed by atoms with E-state index in [-0.39, 0.29) is 23.2 Å². The van der Waals surface area contributed by atoms with E-state index in [4.69, 9.17) is 4.74 Å². The largest absolute Gasteiger partial charge is 0.439 e. The van der Waals surface area contributed by atoms with Crippen LogP contribution in [0.3, 0.4) is 0 Å². The van der Waals surface area contributed by atoms with Gasteiger partial charge in [0.15, 0.2) is 0 Å². The van der Waals surface area contributed by atoms with Gasteiger partial charge >= 0.3 is 6.18 Å². The standard InChI is InChI=1S/C23H27F3N4O3/c1-22(2,3)28-19(31)15-29-10-12-30(13-11-29)21(32)16-4-7-18(8-5-16)33-20-9-6-17(14-27-20)23(24,25)26/h4-9,14H,10-13,15H2,1-3H3,(H,28,31). The molecule has 2 aromatic rings. The Morgan fingerprint density at radius 1 is 1.00 bits per heavy atom. The molecule has 1 aromatic carbocycles. The monoisotopic (exact) mass is 464 g/mol. The van der Waals surface area contributed by atoms with Crippen LogP contribution in [0.2, 0.25) is 0 Å². The summed E-state index contributed by atoms with van der Waals surface area (Å²) in [6.07, 6.45) is -3.75. The topological polar surface area (TPSA) is 74.8 Å². The van der Waals surface area contributed by atoms with Crippen LogP contribution >= 0.6 is 0 Å². The summed E-state index contributed by atoms with van der Waals surface area (Å²) in [5.41, 5.74) is -0.666. The van der Waals surface area contributed by atoms with Crippen LogP contribution in [0.25, 0.3) is 0 Å². The number of carbonyl (C=O) groups excluding carboxylic acids is 2. The first kappa shape index (κ1) is 24.5. The maximum atomic E-state index is 12.8. The molecular formula is C23H27F3N4O3. The van der Waals surface area contributed by atoms with E-state index >= 15 is 0 Å². The van der Waals surface area contributed by atoms with E-state index in [0.29, 0.717) is 50.2 Å². The molecule has 1 saturated heterocycles. The molecule has 0 aliphatic carbocycles. The Kier molecular flexibility index (Phi) is 7.26. The zero-order chi connectivity index (χ0) is 24.2. The smallest absolute Gasteiger partial charge is 0.417 e. The van der Waals surface area contributed by atoms with Gasteiger partial charge in [-0.05, 0) is 51.1 Å². The van der Waals surface area contributed by atoms with Gasteiger partial charge in [-0.25, -0.2) is 4.98 Å². The van der Waals surface area contributed by atoms with Crippen LogP contribution in [-0.2, 0) is 11.0 Å². The van der Waals surface area contributed by atoms with Gasteiger partial charge in [-0.3, -0.25) is 14.5 Å². The third kappa shape index (κ3) is 7.18. The van der Waals surface area contributed by atoms with Crippen molar-refractivity contribution >= 4 is 11.8 Å². The zero-order valence-corrected chi connectivity index (χ0v) is 18.8. The van der Waals surface area contributed by atoms with Crippen molar-refractivity contribution in [1.29, 1.82) is 0 Å². The molecule has 1 aromatic heterocycles. The summed E-state index contributed by atoms with van der Waals surface area (Å²) < 4.78 is 43.3. The van der Waals surface area contributed by atoms with E-state index < -0.39 is 11.7 Å². The van der Waals surface area contributed by atoms with Crippen LogP contribution in [0, 0.1) is 0 Å². The summed E-state index contributed by atoms with van der Waals surface area (Å²) in [6.45, 7) is 8.30. The van der Waals surface area contributed by atoms with Crippen LogP contribution in [0.1, 0.15) is 36.7 Å². The first-order valence-electron chi connectivity index (χ1n) is 10.5. The number of halogens is 3. The summed E-state index contributed by atoms with van der Waals surface area (Å²) in [4.78, 5) is 32.3. The molecule has 1 aliphatic rings. The molecule has 7 nitrogen and oxygen atoms in total. The van der Waals surface area contributed by atoms with Crippen molar-refractivity contribution in [3.05, 3.63) is 53.7 Å². The van der Waals surface area contributed by atoms with Gasteiger partial charge in [0.25, 0.3) is 5.91 Å². The fraction of sp³-hybridized carbons (Fsp3) is 0.435.